The molecular weight excluding hydrogens is 684 g/mol. The minimum absolute atomic E-state index is 0.0668. The Bertz CT molecular complexity index is 1830. The number of rotatable bonds is 16. The number of hydrogen-bond donors (Lipinski definition) is 7. The Morgan fingerprint density at radius 3 is 1.94 bits per heavy atom. The monoisotopic (exact) mass is 736 g/mol. The zero-order valence-electron chi connectivity index (χ0n) is 31.2. The van der Waals surface area contributed by atoms with E-state index in [1.807, 2.05) is 84.9 Å². The summed E-state index contributed by atoms with van der Waals surface area (Å²) in [7, 11) is 1.57. The van der Waals surface area contributed by atoms with Crippen molar-refractivity contribution in [1.29, 1.82) is 0 Å². The number of aliphatic hydroxyl groups excluding tert-OH is 3. The molecule has 3 amide bonds. The molecule has 0 fully saturated rings. The van der Waals surface area contributed by atoms with Gasteiger partial charge in [-0.2, -0.15) is 0 Å². The van der Waals surface area contributed by atoms with Gasteiger partial charge in [-0.1, -0.05) is 118 Å². The van der Waals surface area contributed by atoms with Crippen molar-refractivity contribution >= 4 is 17.7 Å². The number of hydrogen-bond acceptors (Lipinski definition) is 8. The Morgan fingerprint density at radius 1 is 0.741 bits per heavy atom. The van der Waals surface area contributed by atoms with E-state index in [4.69, 9.17) is 4.74 Å². The summed E-state index contributed by atoms with van der Waals surface area (Å²) in [6.45, 7) is 5.57. The highest BCUT2D eigenvalue weighted by atomic mass is 16.5. The quantitative estimate of drug-likeness (QED) is 0.0921. The summed E-state index contributed by atoms with van der Waals surface area (Å²) in [5.74, 6) is -1.19. The number of benzene rings is 4. The van der Waals surface area contributed by atoms with Crippen LogP contribution in [0.1, 0.15) is 54.6 Å². The maximum absolute atomic E-state index is 14.3. The average Bonchev–Trinajstić information content (AvgIpc) is 3.47. The number of fused-ring (bicyclic) bond motifs is 1. The van der Waals surface area contributed by atoms with Crippen LogP contribution in [0, 0.1) is 5.41 Å². The van der Waals surface area contributed by atoms with E-state index in [0.717, 1.165) is 27.8 Å². The molecule has 5 rings (SSSR count). The van der Waals surface area contributed by atoms with Gasteiger partial charge in [-0.05, 0) is 51.8 Å². The first-order valence-corrected chi connectivity index (χ1v) is 18.3. The number of nitrogens with one attached hydrogen (secondary N) is 4. The normalized spacial score (nSPS) is 18.0. The maximum atomic E-state index is 14.3. The van der Waals surface area contributed by atoms with Gasteiger partial charge < -0.3 is 36.0 Å². The summed E-state index contributed by atoms with van der Waals surface area (Å²) in [4.78, 5) is 41.8. The Balaban J connectivity index is 1.41. The van der Waals surface area contributed by atoms with Crippen LogP contribution in [0.15, 0.2) is 109 Å². The van der Waals surface area contributed by atoms with E-state index in [0.29, 0.717) is 12.2 Å². The maximum Gasteiger partial charge on any atom is 0.249 e. The molecular formula is C43H52N4O7. The van der Waals surface area contributed by atoms with Crippen LogP contribution in [0.25, 0.3) is 0 Å². The van der Waals surface area contributed by atoms with E-state index >= 15 is 0 Å². The molecule has 0 saturated carbocycles. The fraction of sp³-hybridized carbons (Fsp3) is 0.372. The molecule has 2 unspecified atom stereocenters. The lowest BCUT2D eigenvalue weighted by Gasteiger charge is -2.35. The Morgan fingerprint density at radius 2 is 1.33 bits per heavy atom. The lowest BCUT2D eigenvalue weighted by molar-refractivity contribution is -0.137. The van der Waals surface area contributed by atoms with E-state index in [2.05, 4.69) is 21.3 Å². The summed E-state index contributed by atoms with van der Waals surface area (Å²) >= 11 is 0. The summed E-state index contributed by atoms with van der Waals surface area (Å²) in [6, 6.07) is 29.1. The zero-order chi connectivity index (χ0) is 38.8. The minimum Gasteiger partial charge on any atom is -0.497 e. The van der Waals surface area contributed by atoms with Gasteiger partial charge in [-0.3, -0.25) is 19.7 Å². The highest BCUT2D eigenvalue weighted by molar-refractivity contribution is 5.90. The van der Waals surface area contributed by atoms with Gasteiger partial charge in [-0.15, -0.1) is 0 Å². The van der Waals surface area contributed by atoms with Crippen LogP contribution in [0.2, 0.25) is 0 Å². The van der Waals surface area contributed by atoms with Gasteiger partial charge in [0.1, 0.15) is 23.9 Å². The van der Waals surface area contributed by atoms with E-state index in [9.17, 15) is 29.7 Å². The predicted molar refractivity (Wildman–Crippen MR) is 206 cm³/mol. The molecule has 7 N–H and O–H groups in total. The molecule has 0 saturated heterocycles. The van der Waals surface area contributed by atoms with E-state index in [1.54, 1.807) is 52.1 Å². The van der Waals surface area contributed by atoms with Gasteiger partial charge in [0, 0.05) is 19.4 Å². The first-order valence-electron chi connectivity index (χ1n) is 18.3. The minimum atomic E-state index is -1.49. The highest BCUT2D eigenvalue weighted by Crippen LogP contribution is 2.31. The molecule has 0 heterocycles. The van der Waals surface area contributed by atoms with Gasteiger partial charge in [-0.25, -0.2) is 0 Å². The van der Waals surface area contributed by atoms with E-state index < -0.39 is 65.6 Å². The molecule has 11 nitrogen and oxygen atoms in total. The number of methoxy groups -OCH3 is 1. The molecule has 1 aliphatic carbocycles. The van der Waals surface area contributed by atoms with Crippen molar-refractivity contribution in [2.24, 2.45) is 5.41 Å². The lowest BCUT2D eigenvalue weighted by Crippen LogP contribution is -2.63. The summed E-state index contributed by atoms with van der Waals surface area (Å²) < 4.78 is 5.29. The Kier molecular flexibility index (Phi) is 13.6. The zero-order valence-corrected chi connectivity index (χ0v) is 31.2. The molecule has 0 bridgehead atoms. The Labute approximate surface area is 317 Å². The molecule has 286 valence electrons. The molecule has 11 heteroatoms. The summed E-state index contributed by atoms with van der Waals surface area (Å²) in [5.41, 5.74) is 3.31. The topological polar surface area (TPSA) is 169 Å². The van der Waals surface area contributed by atoms with Crippen molar-refractivity contribution in [1.82, 2.24) is 21.3 Å². The summed E-state index contributed by atoms with van der Waals surface area (Å²) in [5, 5.41) is 45.9. The van der Waals surface area contributed by atoms with Crippen molar-refractivity contribution in [3.63, 3.8) is 0 Å². The second-order valence-electron chi connectivity index (χ2n) is 15.0. The molecule has 0 aliphatic heterocycles. The SMILES string of the molecule is COc1ccc(CN[C@@H](C(=O)NC2c3ccccc3CC2O)[C@H](O)[C@H](Cc2ccccc2)NC(=O)[C@@H](NC(=O)[C@H](O)Cc2ccccc2)C(C)(C)C)cc1. The van der Waals surface area contributed by atoms with Crippen molar-refractivity contribution in [2.75, 3.05) is 7.11 Å². The van der Waals surface area contributed by atoms with Crippen molar-refractivity contribution in [2.45, 2.75) is 89.1 Å². The van der Waals surface area contributed by atoms with Gasteiger partial charge in [0.2, 0.25) is 17.7 Å². The third-order valence-electron chi connectivity index (χ3n) is 9.84. The number of carbonyl (C=O) groups is 3. The van der Waals surface area contributed by atoms with E-state index in [-0.39, 0.29) is 19.4 Å². The third kappa shape index (κ3) is 10.5. The molecule has 0 aromatic heterocycles. The lowest BCUT2D eigenvalue weighted by atomic mass is 9.85. The van der Waals surface area contributed by atoms with Gasteiger partial charge in [0.25, 0.3) is 0 Å². The number of carbonyl (C=O) groups excluding carboxylic acids is 3. The molecule has 54 heavy (non-hydrogen) atoms. The van der Waals surface area contributed by atoms with Gasteiger partial charge in [0.05, 0.1) is 31.4 Å². The summed E-state index contributed by atoms with van der Waals surface area (Å²) in [6.07, 6.45) is -3.16. The standard InChI is InChI=1S/C43H52N4O7/c1-43(2,3)39(47-40(51)35(49)24-28-15-9-6-10-16-28)42(53)45-33(23-27-13-7-5-8-14-27)38(50)37(44-26-29-19-21-31(54-4)22-20-29)41(52)46-36-32-18-12-11-17-30(32)25-34(36)48/h5-22,33-39,44,48-50H,23-26H2,1-4H3,(H,45,53)(H,46,52)(H,47,51)/t33-,34?,35+,36?,37+,38+,39+/m0/s1. The third-order valence-corrected chi connectivity index (χ3v) is 9.84. The molecule has 0 spiro atoms. The first-order chi connectivity index (χ1) is 25.8. The molecule has 4 aromatic carbocycles. The number of aliphatic hydroxyl groups is 3. The largest absolute Gasteiger partial charge is 0.497 e. The molecule has 1 aliphatic rings. The highest BCUT2D eigenvalue weighted by Gasteiger charge is 2.40. The van der Waals surface area contributed by atoms with Crippen molar-refractivity contribution < 1.29 is 34.4 Å². The fourth-order valence-electron chi connectivity index (χ4n) is 6.80. The van der Waals surface area contributed by atoms with Crippen LogP contribution in [-0.4, -0.2) is 76.6 Å². The van der Waals surface area contributed by atoms with Crippen LogP contribution in [-0.2, 0) is 40.2 Å². The Hall–Kier alpha value is -5.07. The fourth-order valence-corrected chi connectivity index (χ4v) is 6.80. The van der Waals surface area contributed by atoms with E-state index in [1.165, 1.54) is 0 Å². The predicted octanol–water partition coefficient (Wildman–Crippen LogP) is 3.15. The second-order valence-corrected chi connectivity index (χ2v) is 15.0. The smallest absolute Gasteiger partial charge is 0.249 e. The average molecular weight is 737 g/mol. The molecule has 7 atom stereocenters. The molecule has 0 radical (unpaired) electrons. The van der Waals surface area contributed by atoms with Crippen LogP contribution >= 0.6 is 0 Å². The second kappa shape index (κ2) is 18.3. The van der Waals surface area contributed by atoms with Crippen LogP contribution in [0.4, 0.5) is 0 Å². The van der Waals surface area contributed by atoms with Gasteiger partial charge in [0.15, 0.2) is 0 Å². The number of ether oxygens (including phenoxy) is 1. The first kappa shape index (κ1) is 40.1. The molecule has 4 aromatic rings. The van der Waals surface area contributed by atoms with Gasteiger partial charge >= 0.3 is 0 Å². The van der Waals surface area contributed by atoms with Crippen LogP contribution < -0.4 is 26.0 Å². The van der Waals surface area contributed by atoms with Crippen molar-refractivity contribution in [3.05, 3.63) is 137 Å². The van der Waals surface area contributed by atoms with Crippen molar-refractivity contribution in [3.8, 4) is 5.75 Å². The number of amides is 3. The van der Waals surface area contributed by atoms with Crippen LogP contribution in [0.3, 0.4) is 0 Å². The van der Waals surface area contributed by atoms with Crippen LogP contribution in [0.5, 0.6) is 5.75 Å².